The number of carboxylic acids is 1. The highest BCUT2D eigenvalue weighted by Gasteiger charge is 2.30. The van der Waals surface area contributed by atoms with Crippen molar-refractivity contribution in [3.63, 3.8) is 0 Å². The molecule has 2 aromatic carbocycles. The van der Waals surface area contributed by atoms with Crippen molar-refractivity contribution in [2.24, 2.45) is 5.92 Å². The van der Waals surface area contributed by atoms with E-state index in [1.165, 1.54) is 12.1 Å². The summed E-state index contributed by atoms with van der Waals surface area (Å²) in [5.41, 5.74) is 1.06. The molecule has 2 aromatic rings. The van der Waals surface area contributed by atoms with Gasteiger partial charge in [0.1, 0.15) is 0 Å². The molecular weight excluding hydrogens is 347 g/mol. The number of halogens is 3. The van der Waals surface area contributed by atoms with Gasteiger partial charge in [-0.15, -0.1) is 0 Å². The fourth-order valence-electron chi connectivity index (χ4n) is 2.42. The third-order valence-corrected chi connectivity index (χ3v) is 3.85. The van der Waals surface area contributed by atoms with E-state index in [9.17, 15) is 22.8 Å². The predicted molar refractivity (Wildman–Crippen MR) is 90.7 cm³/mol. The first-order valence-electron chi connectivity index (χ1n) is 7.93. The van der Waals surface area contributed by atoms with Crippen LogP contribution in [0.15, 0.2) is 48.5 Å². The van der Waals surface area contributed by atoms with Crippen molar-refractivity contribution in [2.75, 3.05) is 5.32 Å². The van der Waals surface area contributed by atoms with E-state index in [-0.39, 0.29) is 12.3 Å². The minimum atomic E-state index is -4.38. The van der Waals surface area contributed by atoms with Crippen LogP contribution in [0.25, 0.3) is 0 Å². The highest BCUT2D eigenvalue weighted by atomic mass is 19.4. The average molecular weight is 365 g/mol. The van der Waals surface area contributed by atoms with Gasteiger partial charge in [0, 0.05) is 11.6 Å². The summed E-state index contributed by atoms with van der Waals surface area (Å²) in [6.45, 7) is 1.69. The second-order valence-electron chi connectivity index (χ2n) is 6.06. The molecule has 7 heteroatoms. The minimum absolute atomic E-state index is 0.0987. The zero-order valence-corrected chi connectivity index (χ0v) is 14.0. The van der Waals surface area contributed by atoms with Crippen LogP contribution in [0.3, 0.4) is 0 Å². The molecular formula is C19H18F3NO3. The van der Waals surface area contributed by atoms with Gasteiger partial charge in [-0.3, -0.25) is 9.59 Å². The van der Waals surface area contributed by atoms with Gasteiger partial charge in [0.05, 0.1) is 12.0 Å². The van der Waals surface area contributed by atoms with Crippen LogP contribution in [0, 0.1) is 5.92 Å². The van der Waals surface area contributed by atoms with Gasteiger partial charge >= 0.3 is 12.1 Å². The normalized spacial score (nSPS) is 12.5. The topological polar surface area (TPSA) is 66.4 Å². The molecule has 4 nitrogen and oxygen atoms in total. The molecule has 0 aliphatic heterocycles. The highest BCUT2D eigenvalue weighted by molar-refractivity contribution is 5.92. The first-order chi connectivity index (χ1) is 12.1. The molecule has 26 heavy (non-hydrogen) atoms. The van der Waals surface area contributed by atoms with E-state index < -0.39 is 23.6 Å². The largest absolute Gasteiger partial charge is 0.481 e. The summed E-state index contributed by atoms with van der Waals surface area (Å²) in [6, 6.07) is 11.2. The summed E-state index contributed by atoms with van der Waals surface area (Å²) in [5, 5.41) is 11.4. The summed E-state index contributed by atoms with van der Waals surface area (Å²) in [5.74, 6) is -1.65. The van der Waals surface area contributed by atoms with Gasteiger partial charge in [0.25, 0.3) is 0 Å². The Morgan fingerprint density at radius 1 is 1.00 bits per heavy atom. The Hall–Kier alpha value is -2.83. The number of amides is 1. The summed E-state index contributed by atoms with van der Waals surface area (Å²) in [4.78, 5) is 22.9. The molecule has 0 bridgehead atoms. The maximum absolute atomic E-state index is 12.6. The Bertz CT molecular complexity index is 768. The summed E-state index contributed by atoms with van der Waals surface area (Å²) in [6.07, 6.45) is -4.17. The number of benzene rings is 2. The van der Waals surface area contributed by atoms with Crippen molar-refractivity contribution < 1.29 is 27.9 Å². The predicted octanol–water partition coefficient (Wildman–Crippen LogP) is 4.15. The molecule has 138 valence electrons. The molecule has 1 atom stereocenters. The summed E-state index contributed by atoms with van der Waals surface area (Å²) >= 11 is 0. The van der Waals surface area contributed by atoms with Gasteiger partial charge in [-0.1, -0.05) is 31.2 Å². The van der Waals surface area contributed by atoms with Crippen LogP contribution in [0.1, 0.15) is 23.6 Å². The second-order valence-corrected chi connectivity index (χ2v) is 6.06. The molecule has 2 rings (SSSR count). The minimum Gasteiger partial charge on any atom is -0.481 e. The van der Waals surface area contributed by atoms with E-state index in [0.29, 0.717) is 23.2 Å². The monoisotopic (exact) mass is 365 g/mol. The Balaban J connectivity index is 1.94. The number of anilines is 1. The third kappa shape index (κ3) is 5.61. The van der Waals surface area contributed by atoms with Crippen LogP contribution >= 0.6 is 0 Å². The molecule has 0 fully saturated rings. The Kier molecular flexibility index (Phi) is 6.02. The van der Waals surface area contributed by atoms with Gasteiger partial charge in [0.15, 0.2) is 0 Å². The summed E-state index contributed by atoms with van der Waals surface area (Å²) in [7, 11) is 0. The van der Waals surface area contributed by atoms with Crippen LogP contribution in [0.4, 0.5) is 18.9 Å². The standard InChI is InChI=1S/C19H18F3NO3/c1-12(10-13-2-6-15(7-3-13)19(20,21)22)18(26)23-16-8-4-14(5-9-16)11-17(24)25/h2-9,12H,10-11H2,1H3,(H,23,26)(H,24,25). The molecule has 1 unspecified atom stereocenters. The number of aliphatic carboxylic acids is 1. The van der Waals surface area contributed by atoms with E-state index in [1.807, 2.05) is 0 Å². The SMILES string of the molecule is CC(Cc1ccc(C(F)(F)F)cc1)C(=O)Nc1ccc(CC(=O)O)cc1. The molecule has 0 radical (unpaired) electrons. The van der Waals surface area contributed by atoms with E-state index in [0.717, 1.165) is 12.1 Å². The molecule has 0 aromatic heterocycles. The maximum Gasteiger partial charge on any atom is 0.416 e. The second kappa shape index (κ2) is 8.03. The lowest BCUT2D eigenvalue weighted by atomic mass is 9.99. The number of carboxylic acid groups (broad SMARTS) is 1. The molecule has 0 saturated carbocycles. The Morgan fingerprint density at radius 3 is 2.04 bits per heavy atom. The molecule has 0 aliphatic carbocycles. The van der Waals surface area contributed by atoms with E-state index >= 15 is 0 Å². The lowest BCUT2D eigenvalue weighted by Crippen LogP contribution is -2.22. The van der Waals surface area contributed by atoms with Crippen molar-refractivity contribution in [2.45, 2.75) is 25.9 Å². The van der Waals surface area contributed by atoms with Crippen molar-refractivity contribution in [3.05, 3.63) is 65.2 Å². The number of alkyl halides is 3. The quantitative estimate of drug-likeness (QED) is 0.808. The highest BCUT2D eigenvalue weighted by Crippen LogP contribution is 2.29. The van der Waals surface area contributed by atoms with E-state index in [1.54, 1.807) is 31.2 Å². The average Bonchev–Trinajstić information content (AvgIpc) is 2.55. The van der Waals surface area contributed by atoms with Crippen LogP contribution in [0.5, 0.6) is 0 Å². The fraction of sp³-hybridized carbons (Fsp3) is 0.263. The van der Waals surface area contributed by atoms with Crippen LogP contribution in [0.2, 0.25) is 0 Å². The van der Waals surface area contributed by atoms with Crippen molar-refractivity contribution in [1.82, 2.24) is 0 Å². The fourth-order valence-corrected chi connectivity index (χ4v) is 2.42. The third-order valence-electron chi connectivity index (χ3n) is 3.85. The van der Waals surface area contributed by atoms with Crippen LogP contribution in [-0.4, -0.2) is 17.0 Å². The lowest BCUT2D eigenvalue weighted by molar-refractivity contribution is -0.138. The van der Waals surface area contributed by atoms with Gasteiger partial charge in [0.2, 0.25) is 5.91 Å². The van der Waals surface area contributed by atoms with Crippen molar-refractivity contribution >= 4 is 17.6 Å². The molecule has 2 N–H and O–H groups in total. The van der Waals surface area contributed by atoms with Gasteiger partial charge < -0.3 is 10.4 Å². The van der Waals surface area contributed by atoms with Gasteiger partial charge in [-0.25, -0.2) is 0 Å². The lowest BCUT2D eigenvalue weighted by Gasteiger charge is -2.13. The molecule has 0 heterocycles. The van der Waals surface area contributed by atoms with E-state index in [2.05, 4.69) is 5.32 Å². The van der Waals surface area contributed by atoms with Crippen LogP contribution < -0.4 is 5.32 Å². The number of carbonyl (C=O) groups excluding carboxylic acids is 1. The number of nitrogens with one attached hydrogen (secondary N) is 1. The molecule has 0 aliphatic rings. The van der Waals surface area contributed by atoms with Crippen molar-refractivity contribution in [3.8, 4) is 0 Å². The maximum atomic E-state index is 12.6. The van der Waals surface area contributed by atoms with Gasteiger partial charge in [-0.05, 0) is 41.8 Å². The van der Waals surface area contributed by atoms with Crippen LogP contribution in [-0.2, 0) is 28.6 Å². The van der Waals surface area contributed by atoms with E-state index in [4.69, 9.17) is 5.11 Å². The number of carbonyl (C=O) groups is 2. The number of rotatable bonds is 6. The number of hydrogen-bond acceptors (Lipinski definition) is 2. The molecule has 0 spiro atoms. The first-order valence-corrected chi connectivity index (χ1v) is 7.93. The van der Waals surface area contributed by atoms with Gasteiger partial charge in [-0.2, -0.15) is 13.2 Å². The molecule has 0 saturated heterocycles. The Labute approximate surface area is 148 Å². The first kappa shape index (κ1) is 19.5. The zero-order chi connectivity index (χ0) is 19.3. The zero-order valence-electron chi connectivity index (χ0n) is 14.0. The van der Waals surface area contributed by atoms with Crippen molar-refractivity contribution in [1.29, 1.82) is 0 Å². The molecule has 1 amide bonds. The number of hydrogen-bond donors (Lipinski definition) is 2. The Morgan fingerprint density at radius 2 is 1.54 bits per heavy atom. The summed E-state index contributed by atoms with van der Waals surface area (Å²) < 4.78 is 37.7. The smallest absolute Gasteiger partial charge is 0.416 e.